The van der Waals surface area contributed by atoms with E-state index >= 15 is 0 Å². The van der Waals surface area contributed by atoms with Crippen molar-refractivity contribution in [2.75, 3.05) is 13.2 Å². The van der Waals surface area contributed by atoms with Gasteiger partial charge in [0, 0.05) is 12.3 Å². The van der Waals surface area contributed by atoms with Crippen LogP contribution in [0.25, 0.3) is 0 Å². The van der Waals surface area contributed by atoms with Crippen LogP contribution in [0.5, 0.6) is 0 Å². The summed E-state index contributed by atoms with van der Waals surface area (Å²) in [6.45, 7) is 11.8. The van der Waals surface area contributed by atoms with E-state index in [1.807, 2.05) is 12.2 Å². The van der Waals surface area contributed by atoms with Crippen molar-refractivity contribution in [3.8, 4) is 0 Å². The third-order valence-corrected chi connectivity index (χ3v) is 3.70. The molecule has 17 heavy (non-hydrogen) atoms. The Hall–Kier alpha value is -0.860. The monoisotopic (exact) mass is 234 g/mol. The first-order valence-corrected chi connectivity index (χ1v) is 6.26. The third-order valence-electron chi connectivity index (χ3n) is 3.70. The van der Waals surface area contributed by atoms with Crippen LogP contribution in [-0.4, -0.2) is 19.0 Å². The minimum Gasteiger partial charge on any atom is -0.344 e. The topological polar surface area (TPSA) is 18.5 Å². The second kappa shape index (κ2) is 4.43. The predicted octanol–water partition coefficient (Wildman–Crippen LogP) is 3.46. The van der Waals surface area contributed by atoms with Crippen LogP contribution in [0.15, 0.2) is 36.5 Å². The van der Waals surface area contributed by atoms with Crippen molar-refractivity contribution in [1.82, 2.24) is 0 Å². The summed E-state index contributed by atoms with van der Waals surface area (Å²) < 4.78 is 11.6. The van der Waals surface area contributed by atoms with Gasteiger partial charge in [-0.3, -0.25) is 0 Å². The van der Waals surface area contributed by atoms with Crippen LogP contribution < -0.4 is 0 Å². The molecule has 1 aliphatic heterocycles. The lowest BCUT2D eigenvalue weighted by atomic mass is 9.66. The molecule has 1 unspecified atom stereocenters. The van der Waals surface area contributed by atoms with E-state index in [9.17, 15) is 0 Å². The van der Waals surface area contributed by atoms with Crippen molar-refractivity contribution in [1.29, 1.82) is 0 Å². The summed E-state index contributed by atoms with van der Waals surface area (Å²) >= 11 is 0. The Labute approximate surface area is 104 Å². The van der Waals surface area contributed by atoms with Crippen molar-refractivity contribution < 1.29 is 9.47 Å². The second-order valence-electron chi connectivity index (χ2n) is 5.66. The van der Waals surface area contributed by atoms with E-state index in [0.717, 1.165) is 6.42 Å². The maximum Gasteiger partial charge on any atom is 0.188 e. The molecule has 1 spiro atoms. The quantitative estimate of drug-likeness (QED) is 0.538. The van der Waals surface area contributed by atoms with E-state index < -0.39 is 5.79 Å². The average Bonchev–Trinajstić information content (AvgIpc) is 2.63. The van der Waals surface area contributed by atoms with Gasteiger partial charge in [0.15, 0.2) is 5.79 Å². The molecule has 0 saturated carbocycles. The molecule has 0 amide bonds. The smallest absolute Gasteiger partial charge is 0.188 e. The summed E-state index contributed by atoms with van der Waals surface area (Å²) in [5.74, 6) is -0.0366. The summed E-state index contributed by atoms with van der Waals surface area (Å²) in [5.41, 5.74) is 1.46. The van der Waals surface area contributed by atoms with E-state index in [0.29, 0.717) is 19.1 Å². The highest BCUT2D eigenvalue weighted by molar-refractivity contribution is 5.25. The number of hydrogen-bond acceptors (Lipinski definition) is 2. The Kier molecular flexibility index (Phi) is 3.28. The van der Waals surface area contributed by atoms with E-state index in [1.54, 1.807) is 0 Å². The van der Waals surface area contributed by atoms with Gasteiger partial charge in [0.1, 0.15) is 0 Å². The van der Waals surface area contributed by atoms with Gasteiger partial charge in [-0.1, -0.05) is 44.2 Å². The summed E-state index contributed by atoms with van der Waals surface area (Å²) in [6.07, 6.45) is 9.14. The highest BCUT2D eigenvalue weighted by Gasteiger charge is 2.46. The van der Waals surface area contributed by atoms with E-state index in [1.165, 1.54) is 5.57 Å². The van der Waals surface area contributed by atoms with Crippen LogP contribution in [0.4, 0.5) is 0 Å². The van der Waals surface area contributed by atoms with E-state index in [4.69, 9.17) is 9.47 Å². The van der Waals surface area contributed by atoms with Gasteiger partial charge in [-0.15, -0.1) is 0 Å². The summed E-state index contributed by atoms with van der Waals surface area (Å²) in [7, 11) is 0. The highest BCUT2D eigenvalue weighted by atomic mass is 16.7. The summed E-state index contributed by atoms with van der Waals surface area (Å²) in [4.78, 5) is 0. The van der Waals surface area contributed by atoms with Crippen molar-refractivity contribution in [2.24, 2.45) is 11.3 Å². The van der Waals surface area contributed by atoms with Crippen LogP contribution in [0.2, 0.25) is 0 Å². The molecule has 1 atom stereocenters. The number of ether oxygens (including phenoxy) is 2. The number of allylic oxidation sites excluding steroid dienone is 4. The molecular weight excluding hydrogens is 212 g/mol. The minimum absolute atomic E-state index is 0.142. The number of rotatable bonds is 2. The van der Waals surface area contributed by atoms with Crippen LogP contribution in [0.1, 0.15) is 27.2 Å². The normalized spacial score (nSPS) is 30.8. The standard InChI is InChI=1S/C15H22O2/c1-5-6-7-13-12(2)10-15(11-14(13,3)4)16-8-9-17-15/h5-7,10,13H,1,8-9,11H2,2-4H3/b7-6+. The van der Waals surface area contributed by atoms with Gasteiger partial charge in [0.25, 0.3) is 0 Å². The summed E-state index contributed by atoms with van der Waals surface area (Å²) in [5, 5.41) is 0. The first-order chi connectivity index (χ1) is 7.99. The van der Waals surface area contributed by atoms with Crippen LogP contribution in [-0.2, 0) is 9.47 Å². The minimum atomic E-state index is -0.466. The van der Waals surface area contributed by atoms with Gasteiger partial charge in [-0.2, -0.15) is 0 Å². The fourth-order valence-corrected chi connectivity index (χ4v) is 3.11. The molecule has 2 rings (SSSR count). The molecule has 1 heterocycles. The average molecular weight is 234 g/mol. The molecule has 2 aliphatic rings. The number of hydrogen-bond donors (Lipinski definition) is 0. The molecule has 0 aromatic rings. The van der Waals surface area contributed by atoms with Crippen molar-refractivity contribution in [2.45, 2.75) is 33.0 Å². The molecule has 0 N–H and O–H groups in total. The lowest BCUT2D eigenvalue weighted by Crippen LogP contribution is -2.42. The van der Waals surface area contributed by atoms with Crippen LogP contribution >= 0.6 is 0 Å². The lowest BCUT2D eigenvalue weighted by molar-refractivity contribution is -0.149. The molecule has 1 saturated heterocycles. The summed E-state index contributed by atoms with van der Waals surface area (Å²) in [6, 6.07) is 0. The molecule has 1 aliphatic carbocycles. The Morgan fingerprint density at radius 1 is 1.35 bits per heavy atom. The van der Waals surface area contributed by atoms with Gasteiger partial charge < -0.3 is 9.47 Å². The van der Waals surface area contributed by atoms with Gasteiger partial charge in [0.2, 0.25) is 0 Å². The van der Waals surface area contributed by atoms with E-state index in [-0.39, 0.29) is 5.41 Å². The molecule has 2 nitrogen and oxygen atoms in total. The molecule has 0 bridgehead atoms. The largest absolute Gasteiger partial charge is 0.344 e. The molecule has 94 valence electrons. The van der Waals surface area contributed by atoms with Crippen LogP contribution in [0.3, 0.4) is 0 Å². The van der Waals surface area contributed by atoms with Gasteiger partial charge >= 0.3 is 0 Å². The van der Waals surface area contributed by atoms with Crippen molar-refractivity contribution >= 4 is 0 Å². The first-order valence-electron chi connectivity index (χ1n) is 6.26. The zero-order chi connectivity index (χ0) is 12.5. The zero-order valence-corrected chi connectivity index (χ0v) is 11.0. The Morgan fingerprint density at radius 2 is 2.00 bits per heavy atom. The van der Waals surface area contributed by atoms with Gasteiger partial charge in [0.05, 0.1) is 13.2 Å². The molecular formula is C15H22O2. The molecule has 2 heteroatoms. The maximum atomic E-state index is 5.80. The molecule has 0 aromatic heterocycles. The van der Waals surface area contributed by atoms with E-state index in [2.05, 4.69) is 39.5 Å². The second-order valence-corrected chi connectivity index (χ2v) is 5.66. The Bertz CT molecular complexity index is 357. The van der Waals surface area contributed by atoms with Crippen molar-refractivity contribution in [3.63, 3.8) is 0 Å². The third kappa shape index (κ3) is 2.38. The van der Waals surface area contributed by atoms with Crippen LogP contribution in [0, 0.1) is 11.3 Å². The Balaban J connectivity index is 2.31. The lowest BCUT2D eigenvalue weighted by Gasteiger charge is -2.43. The van der Waals surface area contributed by atoms with Gasteiger partial charge in [-0.05, 0) is 18.4 Å². The molecule has 0 aromatic carbocycles. The predicted molar refractivity (Wildman–Crippen MR) is 69.6 cm³/mol. The maximum absolute atomic E-state index is 5.80. The SMILES string of the molecule is C=C/C=C/C1C(C)=CC2(CC1(C)C)OCCO2. The Morgan fingerprint density at radius 3 is 2.53 bits per heavy atom. The fraction of sp³-hybridized carbons (Fsp3) is 0.600. The highest BCUT2D eigenvalue weighted by Crippen LogP contribution is 2.48. The molecule has 1 fully saturated rings. The molecule has 0 radical (unpaired) electrons. The first kappa shape index (κ1) is 12.6. The fourth-order valence-electron chi connectivity index (χ4n) is 3.11. The zero-order valence-electron chi connectivity index (χ0n) is 11.0. The van der Waals surface area contributed by atoms with Gasteiger partial charge in [-0.25, -0.2) is 0 Å². The van der Waals surface area contributed by atoms with Crippen molar-refractivity contribution in [3.05, 3.63) is 36.5 Å².